The number of carbonyl (C=O) groups is 1. The molecule has 1 unspecified atom stereocenters. The van der Waals surface area contributed by atoms with E-state index >= 15 is 0 Å². The first-order chi connectivity index (χ1) is 13.8. The Morgan fingerprint density at radius 1 is 1.14 bits per heavy atom. The second-order valence-electron chi connectivity index (χ2n) is 6.99. The van der Waals surface area contributed by atoms with Gasteiger partial charge < -0.3 is 10.2 Å². The lowest BCUT2D eigenvalue weighted by molar-refractivity contribution is -0.121. The van der Waals surface area contributed by atoms with Gasteiger partial charge in [-0.2, -0.15) is 4.98 Å². The Morgan fingerprint density at radius 3 is 2.86 bits per heavy atom. The minimum absolute atomic E-state index is 0.0737. The van der Waals surface area contributed by atoms with Crippen LogP contribution >= 0.6 is 0 Å². The third-order valence-corrected chi connectivity index (χ3v) is 5.04. The molecule has 1 fully saturated rings. The van der Waals surface area contributed by atoms with Crippen LogP contribution in [0.25, 0.3) is 5.95 Å². The SMILES string of the molecule is O=C(CC1CCCCN1c1ccnc(-n2ccnc2)n1)NCc1ccccc1. The summed E-state index contributed by atoms with van der Waals surface area (Å²) >= 11 is 0. The van der Waals surface area contributed by atoms with Crippen molar-refractivity contribution in [1.29, 1.82) is 0 Å². The fourth-order valence-corrected chi connectivity index (χ4v) is 3.60. The van der Waals surface area contributed by atoms with E-state index in [1.54, 1.807) is 23.3 Å². The summed E-state index contributed by atoms with van der Waals surface area (Å²) in [5, 5.41) is 3.04. The van der Waals surface area contributed by atoms with E-state index in [9.17, 15) is 4.79 Å². The number of aromatic nitrogens is 4. The van der Waals surface area contributed by atoms with Crippen molar-refractivity contribution in [2.24, 2.45) is 0 Å². The summed E-state index contributed by atoms with van der Waals surface area (Å²) in [5.74, 6) is 1.52. The molecule has 1 aliphatic rings. The molecule has 1 N–H and O–H groups in total. The van der Waals surface area contributed by atoms with E-state index in [4.69, 9.17) is 4.98 Å². The zero-order chi connectivity index (χ0) is 19.2. The van der Waals surface area contributed by atoms with Gasteiger partial charge in [-0.05, 0) is 30.9 Å². The first kappa shape index (κ1) is 18.2. The Labute approximate surface area is 164 Å². The number of anilines is 1. The average molecular weight is 376 g/mol. The molecule has 3 heterocycles. The van der Waals surface area contributed by atoms with Crippen molar-refractivity contribution in [3.63, 3.8) is 0 Å². The van der Waals surface area contributed by atoms with E-state index in [-0.39, 0.29) is 11.9 Å². The van der Waals surface area contributed by atoms with Gasteiger partial charge in [0, 0.05) is 44.1 Å². The summed E-state index contributed by atoms with van der Waals surface area (Å²) in [4.78, 5) is 27.9. The van der Waals surface area contributed by atoms with Gasteiger partial charge in [-0.1, -0.05) is 30.3 Å². The minimum Gasteiger partial charge on any atom is -0.353 e. The Morgan fingerprint density at radius 2 is 2.04 bits per heavy atom. The lowest BCUT2D eigenvalue weighted by Crippen LogP contribution is -2.43. The maximum absolute atomic E-state index is 12.5. The Hall–Kier alpha value is -3.22. The number of rotatable bonds is 6. The van der Waals surface area contributed by atoms with Gasteiger partial charge in [0.1, 0.15) is 12.1 Å². The van der Waals surface area contributed by atoms with E-state index in [0.717, 1.165) is 37.2 Å². The molecule has 0 bridgehead atoms. The van der Waals surface area contributed by atoms with Gasteiger partial charge in [0.2, 0.25) is 11.9 Å². The highest BCUT2D eigenvalue weighted by atomic mass is 16.1. The number of carbonyl (C=O) groups excluding carboxylic acids is 1. The molecule has 1 aromatic carbocycles. The van der Waals surface area contributed by atoms with E-state index in [1.165, 1.54) is 0 Å². The topological polar surface area (TPSA) is 75.9 Å². The third kappa shape index (κ3) is 4.36. The van der Waals surface area contributed by atoms with Crippen molar-refractivity contribution in [3.8, 4) is 5.95 Å². The van der Waals surface area contributed by atoms with Crippen molar-refractivity contribution in [2.45, 2.75) is 38.3 Å². The number of hydrogen-bond donors (Lipinski definition) is 1. The van der Waals surface area contributed by atoms with Crippen LogP contribution in [0.15, 0.2) is 61.3 Å². The Kier molecular flexibility index (Phi) is 5.61. The van der Waals surface area contributed by atoms with Crippen molar-refractivity contribution in [3.05, 3.63) is 66.9 Å². The van der Waals surface area contributed by atoms with Crippen LogP contribution < -0.4 is 10.2 Å². The van der Waals surface area contributed by atoms with E-state index in [1.807, 2.05) is 42.6 Å². The Balaban J connectivity index is 1.43. The molecule has 0 aliphatic carbocycles. The van der Waals surface area contributed by atoms with Gasteiger partial charge in [-0.15, -0.1) is 0 Å². The molecule has 7 nitrogen and oxygen atoms in total. The fraction of sp³-hybridized carbons (Fsp3) is 0.333. The van der Waals surface area contributed by atoms with E-state index in [0.29, 0.717) is 18.9 Å². The lowest BCUT2D eigenvalue weighted by atomic mass is 9.99. The molecule has 144 valence electrons. The lowest BCUT2D eigenvalue weighted by Gasteiger charge is -2.36. The minimum atomic E-state index is 0.0737. The third-order valence-electron chi connectivity index (χ3n) is 5.04. The van der Waals surface area contributed by atoms with Crippen molar-refractivity contribution < 1.29 is 4.79 Å². The summed E-state index contributed by atoms with van der Waals surface area (Å²) in [7, 11) is 0. The monoisotopic (exact) mass is 376 g/mol. The zero-order valence-electron chi connectivity index (χ0n) is 15.7. The molecule has 1 amide bonds. The molecule has 28 heavy (non-hydrogen) atoms. The van der Waals surface area contributed by atoms with Crippen molar-refractivity contribution >= 4 is 11.7 Å². The van der Waals surface area contributed by atoms with E-state index < -0.39 is 0 Å². The molecule has 0 radical (unpaired) electrons. The molecule has 1 atom stereocenters. The summed E-state index contributed by atoms with van der Waals surface area (Å²) in [5.41, 5.74) is 1.11. The molecule has 2 aromatic heterocycles. The van der Waals surface area contributed by atoms with Crippen LogP contribution in [0.1, 0.15) is 31.2 Å². The van der Waals surface area contributed by atoms with Gasteiger partial charge in [-0.3, -0.25) is 9.36 Å². The van der Waals surface area contributed by atoms with Gasteiger partial charge >= 0.3 is 0 Å². The number of benzene rings is 1. The quantitative estimate of drug-likeness (QED) is 0.716. The number of hydrogen-bond acceptors (Lipinski definition) is 5. The predicted octanol–water partition coefficient (Wildman–Crippen LogP) is 2.73. The number of nitrogens with zero attached hydrogens (tertiary/aromatic N) is 5. The number of nitrogens with one attached hydrogen (secondary N) is 1. The number of amides is 1. The molecule has 7 heteroatoms. The standard InChI is InChI=1S/C21H24N6O/c28-20(24-15-17-6-2-1-3-7-17)14-18-8-4-5-12-27(18)19-9-10-23-21(25-19)26-13-11-22-16-26/h1-3,6-7,9-11,13,16,18H,4-5,8,12,14-15H2,(H,24,28). The second kappa shape index (κ2) is 8.65. The van der Waals surface area contributed by atoms with Gasteiger partial charge in [0.05, 0.1) is 0 Å². The van der Waals surface area contributed by atoms with E-state index in [2.05, 4.69) is 20.2 Å². The Bertz CT molecular complexity index is 896. The molecule has 1 saturated heterocycles. The first-order valence-electron chi connectivity index (χ1n) is 9.68. The highest BCUT2D eigenvalue weighted by Gasteiger charge is 2.26. The second-order valence-corrected chi connectivity index (χ2v) is 6.99. The number of piperidine rings is 1. The maximum atomic E-state index is 12.5. The van der Waals surface area contributed by atoms with Crippen LogP contribution in [0.4, 0.5) is 5.82 Å². The van der Waals surface area contributed by atoms with Crippen LogP contribution in [0.2, 0.25) is 0 Å². The smallest absolute Gasteiger partial charge is 0.236 e. The highest BCUT2D eigenvalue weighted by molar-refractivity contribution is 5.77. The average Bonchev–Trinajstić information content (AvgIpc) is 3.29. The van der Waals surface area contributed by atoms with Gasteiger partial charge in [-0.25, -0.2) is 9.97 Å². The normalized spacial score (nSPS) is 16.7. The summed E-state index contributed by atoms with van der Waals surface area (Å²) in [6.07, 6.45) is 10.7. The van der Waals surface area contributed by atoms with Crippen LogP contribution in [-0.4, -0.2) is 38.0 Å². The molecular weight excluding hydrogens is 352 g/mol. The maximum Gasteiger partial charge on any atom is 0.236 e. The van der Waals surface area contributed by atoms with Crippen molar-refractivity contribution in [2.75, 3.05) is 11.4 Å². The predicted molar refractivity (Wildman–Crippen MR) is 107 cm³/mol. The van der Waals surface area contributed by atoms with Crippen LogP contribution in [0.5, 0.6) is 0 Å². The molecule has 0 spiro atoms. The highest BCUT2D eigenvalue weighted by Crippen LogP contribution is 2.25. The zero-order valence-corrected chi connectivity index (χ0v) is 15.7. The van der Waals surface area contributed by atoms with Crippen LogP contribution in [0, 0.1) is 0 Å². The number of imidazole rings is 1. The molecule has 1 aliphatic heterocycles. The van der Waals surface area contributed by atoms with Gasteiger partial charge in [0.15, 0.2) is 0 Å². The molecule has 3 aromatic rings. The summed E-state index contributed by atoms with van der Waals surface area (Å²) < 4.78 is 1.79. The largest absolute Gasteiger partial charge is 0.353 e. The van der Waals surface area contributed by atoms with Gasteiger partial charge in [0.25, 0.3) is 0 Å². The molecule has 4 rings (SSSR count). The molecular formula is C21H24N6O. The van der Waals surface area contributed by atoms with Crippen molar-refractivity contribution in [1.82, 2.24) is 24.8 Å². The molecule has 0 saturated carbocycles. The summed E-state index contributed by atoms with van der Waals surface area (Å²) in [6.45, 7) is 1.46. The van der Waals surface area contributed by atoms with Crippen LogP contribution in [0.3, 0.4) is 0 Å². The first-order valence-corrected chi connectivity index (χ1v) is 9.68. The fourth-order valence-electron chi connectivity index (χ4n) is 3.60. The van der Waals surface area contributed by atoms with Crippen LogP contribution in [-0.2, 0) is 11.3 Å². The summed E-state index contributed by atoms with van der Waals surface area (Å²) in [6, 6.07) is 12.0.